The van der Waals surface area contributed by atoms with E-state index in [4.69, 9.17) is 16.3 Å². The molecule has 0 aliphatic rings. The molecule has 0 aliphatic heterocycles. The normalized spacial score (nSPS) is 10.8. The van der Waals surface area contributed by atoms with Crippen molar-refractivity contribution in [1.82, 2.24) is 0 Å². The van der Waals surface area contributed by atoms with E-state index in [1.165, 1.54) is 30.3 Å². The third kappa shape index (κ3) is 5.83. The highest BCUT2D eigenvalue weighted by Crippen LogP contribution is 2.26. The fraction of sp³-hybridized carbons (Fsp3) is 0.200. The number of halogens is 1. The van der Waals surface area contributed by atoms with Crippen molar-refractivity contribution in [3.05, 3.63) is 68.7 Å². The van der Waals surface area contributed by atoms with E-state index in [2.05, 4.69) is 5.32 Å². The first kappa shape index (κ1) is 20.9. The Labute approximate surface area is 167 Å². The fourth-order valence-corrected chi connectivity index (χ4v) is 2.47. The third-order valence-electron chi connectivity index (χ3n) is 3.71. The molecular weight excluding hydrogens is 382 g/mol. The second-order valence-electron chi connectivity index (χ2n) is 5.82. The number of hydrogen-bond acceptors (Lipinski definition) is 5. The largest absolute Gasteiger partial charge is 0.493 e. The molecule has 0 heterocycles. The van der Waals surface area contributed by atoms with Crippen LogP contribution < -0.4 is 10.1 Å². The molecule has 0 fully saturated rings. The van der Waals surface area contributed by atoms with Gasteiger partial charge in [-0.05, 0) is 36.8 Å². The summed E-state index contributed by atoms with van der Waals surface area (Å²) in [5.74, 6) is -0.184. The van der Waals surface area contributed by atoms with Crippen LogP contribution in [0.15, 0.2) is 48.0 Å². The molecule has 2 aromatic carbocycles. The molecule has 1 N–H and O–H groups in total. The first-order valence-electron chi connectivity index (χ1n) is 8.54. The topological polar surface area (TPSA) is 105 Å². The van der Waals surface area contributed by atoms with Crippen LogP contribution in [-0.4, -0.2) is 17.4 Å². The zero-order valence-electron chi connectivity index (χ0n) is 15.1. The van der Waals surface area contributed by atoms with E-state index in [9.17, 15) is 20.2 Å². The van der Waals surface area contributed by atoms with Gasteiger partial charge in [0.15, 0.2) is 0 Å². The van der Waals surface area contributed by atoms with Gasteiger partial charge in [0.05, 0.1) is 11.5 Å². The summed E-state index contributed by atoms with van der Waals surface area (Å²) in [6, 6.07) is 12.2. The minimum atomic E-state index is -0.692. The summed E-state index contributed by atoms with van der Waals surface area (Å²) < 4.78 is 5.70. The van der Waals surface area contributed by atoms with Gasteiger partial charge >= 0.3 is 0 Å². The van der Waals surface area contributed by atoms with Crippen molar-refractivity contribution >= 4 is 35.0 Å². The van der Waals surface area contributed by atoms with Gasteiger partial charge in [0.1, 0.15) is 17.4 Å². The van der Waals surface area contributed by atoms with Crippen LogP contribution in [0.25, 0.3) is 6.08 Å². The number of benzene rings is 2. The number of carbonyl (C=O) groups is 1. The Kier molecular flexibility index (Phi) is 7.55. The lowest BCUT2D eigenvalue weighted by atomic mass is 10.1. The molecule has 0 saturated carbocycles. The zero-order valence-corrected chi connectivity index (χ0v) is 15.9. The number of nitrogens with one attached hydrogen (secondary N) is 1. The summed E-state index contributed by atoms with van der Waals surface area (Å²) in [7, 11) is 0. The molecule has 0 aliphatic carbocycles. The van der Waals surface area contributed by atoms with Crippen LogP contribution in [0, 0.1) is 21.4 Å². The van der Waals surface area contributed by atoms with Crippen LogP contribution in [0.1, 0.15) is 25.3 Å². The third-order valence-corrected chi connectivity index (χ3v) is 3.94. The minimum absolute atomic E-state index is 0.165. The number of nitro groups is 1. The van der Waals surface area contributed by atoms with Crippen molar-refractivity contribution in [1.29, 1.82) is 5.26 Å². The van der Waals surface area contributed by atoms with Gasteiger partial charge in [0, 0.05) is 28.4 Å². The smallest absolute Gasteiger partial charge is 0.271 e. The van der Waals surface area contributed by atoms with Crippen molar-refractivity contribution in [2.75, 3.05) is 11.9 Å². The molecule has 1 amide bonds. The standard InChI is InChI=1S/C20H18ClN3O4/c1-2-3-9-28-19-8-7-16(21)11-14(19)10-15(13-22)20(25)23-17-5-4-6-18(12-17)24(26)27/h4-8,10-12H,2-3,9H2,1H3,(H,23,25)/b15-10-. The Morgan fingerprint density at radius 3 is 2.82 bits per heavy atom. The number of non-ortho nitro benzene ring substituents is 1. The molecule has 0 saturated heterocycles. The predicted octanol–water partition coefficient (Wildman–Crippen LogP) is 4.97. The quantitative estimate of drug-likeness (QED) is 0.222. The van der Waals surface area contributed by atoms with Gasteiger partial charge in [-0.1, -0.05) is 31.0 Å². The van der Waals surface area contributed by atoms with Crippen molar-refractivity contribution in [2.45, 2.75) is 19.8 Å². The molecule has 0 radical (unpaired) electrons. The average molecular weight is 400 g/mol. The molecule has 7 nitrogen and oxygen atoms in total. The molecule has 0 atom stereocenters. The molecule has 0 spiro atoms. The highest BCUT2D eigenvalue weighted by atomic mass is 35.5. The van der Waals surface area contributed by atoms with Crippen molar-refractivity contribution in [3.63, 3.8) is 0 Å². The Hall–Kier alpha value is -3.37. The summed E-state index contributed by atoms with van der Waals surface area (Å²) in [6.45, 7) is 2.54. The number of anilines is 1. The van der Waals surface area contributed by atoms with Gasteiger partial charge in [-0.3, -0.25) is 14.9 Å². The van der Waals surface area contributed by atoms with E-state index >= 15 is 0 Å². The Bertz CT molecular complexity index is 951. The molecule has 2 aromatic rings. The van der Waals surface area contributed by atoms with Gasteiger partial charge in [0.25, 0.3) is 11.6 Å². The molecule has 2 rings (SSSR count). The summed E-state index contributed by atoms with van der Waals surface area (Å²) in [5, 5.41) is 23.2. The van der Waals surface area contributed by atoms with Crippen molar-refractivity contribution in [3.8, 4) is 11.8 Å². The molecule has 8 heteroatoms. The highest BCUT2D eigenvalue weighted by molar-refractivity contribution is 6.30. The monoisotopic (exact) mass is 399 g/mol. The number of unbranched alkanes of at least 4 members (excludes halogenated alkanes) is 1. The van der Waals surface area contributed by atoms with Crippen LogP contribution in [0.3, 0.4) is 0 Å². The fourth-order valence-electron chi connectivity index (χ4n) is 2.29. The van der Waals surface area contributed by atoms with Gasteiger partial charge in [-0.15, -0.1) is 0 Å². The maximum atomic E-state index is 12.4. The van der Waals surface area contributed by atoms with Crippen LogP contribution >= 0.6 is 11.6 Å². The summed E-state index contributed by atoms with van der Waals surface area (Å²) >= 11 is 6.03. The number of nitrogens with zero attached hydrogens (tertiary/aromatic N) is 2. The summed E-state index contributed by atoms with van der Waals surface area (Å²) in [6.07, 6.45) is 3.21. The van der Waals surface area contributed by atoms with Crippen LogP contribution in [-0.2, 0) is 4.79 Å². The maximum absolute atomic E-state index is 12.4. The number of nitro benzene ring substituents is 1. The zero-order chi connectivity index (χ0) is 20.5. The molecular formula is C20H18ClN3O4. The number of amides is 1. The van der Waals surface area contributed by atoms with E-state index < -0.39 is 10.8 Å². The van der Waals surface area contributed by atoms with Gasteiger partial charge in [-0.25, -0.2) is 0 Å². The van der Waals surface area contributed by atoms with E-state index in [0.717, 1.165) is 12.8 Å². The lowest BCUT2D eigenvalue weighted by Gasteiger charge is -2.10. The highest BCUT2D eigenvalue weighted by Gasteiger charge is 2.14. The van der Waals surface area contributed by atoms with E-state index in [-0.39, 0.29) is 16.9 Å². The summed E-state index contributed by atoms with van der Waals surface area (Å²) in [5.41, 5.74) is 0.357. The van der Waals surface area contributed by atoms with Crippen LogP contribution in [0.5, 0.6) is 5.75 Å². The Balaban J connectivity index is 2.27. The lowest BCUT2D eigenvalue weighted by molar-refractivity contribution is -0.384. The van der Waals surface area contributed by atoms with Crippen molar-refractivity contribution < 1.29 is 14.5 Å². The summed E-state index contributed by atoms with van der Waals surface area (Å²) in [4.78, 5) is 22.7. The maximum Gasteiger partial charge on any atom is 0.271 e. The molecule has 0 bridgehead atoms. The average Bonchev–Trinajstić information content (AvgIpc) is 2.67. The lowest BCUT2D eigenvalue weighted by Crippen LogP contribution is -2.13. The predicted molar refractivity (Wildman–Crippen MR) is 107 cm³/mol. The van der Waals surface area contributed by atoms with Gasteiger partial charge in [0.2, 0.25) is 0 Å². The van der Waals surface area contributed by atoms with E-state index in [1.54, 1.807) is 18.2 Å². The molecule has 0 aromatic heterocycles. The second-order valence-corrected chi connectivity index (χ2v) is 6.25. The van der Waals surface area contributed by atoms with Gasteiger partial charge in [-0.2, -0.15) is 5.26 Å². The molecule has 144 valence electrons. The number of carbonyl (C=O) groups excluding carboxylic acids is 1. The van der Waals surface area contributed by atoms with E-state index in [0.29, 0.717) is 22.9 Å². The molecule has 0 unspecified atom stereocenters. The van der Waals surface area contributed by atoms with Crippen molar-refractivity contribution in [2.24, 2.45) is 0 Å². The molecule has 28 heavy (non-hydrogen) atoms. The Morgan fingerprint density at radius 2 is 2.14 bits per heavy atom. The number of hydrogen-bond donors (Lipinski definition) is 1. The number of rotatable bonds is 8. The second kappa shape index (κ2) is 10.1. The van der Waals surface area contributed by atoms with Crippen LogP contribution in [0.4, 0.5) is 11.4 Å². The first-order chi connectivity index (χ1) is 13.4. The Morgan fingerprint density at radius 1 is 1.36 bits per heavy atom. The van der Waals surface area contributed by atoms with Gasteiger partial charge < -0.3 is 10.1 Å². The minimum Gasteiger partial charge on any atom is -0.493 e. The number of nitriles is 1. The number of ether oxygens (including phenoxy) is 1. The SMILES string of the molecule is CCCCOc1ccc(Cl)cc1/C=C(/C#N)C(=O)Nc1cccc([N+](=O)[O-])c1. The first-order valence-corrected chi connectivity index (χ1v) is 8.92. The van der Waals surface area contributed by atoms with E-state index in [1.807, 2.05) is 13.0 Å². The van der Waals surface area contributed by atoms with Crippen LogP contribution in [0.2, 0.25) is 5.02 Å².